The second-order valence-corrected chi connectivity index (χ2v) is 7.40. The first-order valence-electron chi connectivity index (χ1n) is 7.10. The molecule has 0 aromatic carbocycles. The Labute approximate surface area is 118 Å². The Kier molecular flexibility index (Phi) is 6.47. The van der Waals surface area contributed by atoms with Crippen molar-refractivity contribution in [3.05, 3.63) is 0 Å². The summed E-state index contributed by atoms with van der Waals surface area (Å²) in [6.45, 7) is 6.25. The molecule has 0 radical (unpaired) electrons. The van der Waals surface area contributed by atoms with Gasteiger partial charge in [-0.3, -0.25) is 9.00 Å². The van der Waals surface area contributed by atoms with E-state index in [4.69, 9.17) is 4.74 Å². The molecule has 19 heavy (non-hydrogen) atoms. The van der Waals surface area contributed by atoms with Crippen molar-refractivity contribution in [2.75, 3.05) is 18.1 Å². The van der Waals surface area contributed by atoms with E-state index in [1.165, 1.54) is 0 Å². The van der Waals surface area contributed by atoms with Gasteiger partial charge in [0.2, 0.25) is 0 Å². The normalized spacial score (nSPS) is 29.2. The van der Waals surface area contributed by atoms with Crippen molar-refractivity contribution in [3.63, 3.8) is 0 Å². The van der Waals surface area contributed by atoms with E-state index >= 15 is 0 Å². The van der Waals surface area contributed by atoms with Gasteiger partial charge in [0.05, 0.1) is 23.9 Å². The van der Waals surface area contributed by atoms with Crippen LogP contribution in [0.2, 0.25) is 0 Å². The monoisotopic (exact) mass is 290 g/mol. The van der Waals surface area contributed by atoms with Crippen LogP contribution in [0.15, 0.2) is 0 Å². The van der Waals surface area contributed by atoms with Crippen LogP contribution < -0.4 is 0 Å². The molecule has 0 bridgehead atoms. The molecule has 1 unspecified atom stereocenters. The first-order valence-corrected chi connectivity index (χ1v) is 8.59. The van der Waals surface area contributed by atoms with E-state index in [1.807, 2.05) is 13.8 Å². The Morgan fingerprint density at radius 3 is 2.47 bits per heavy atom. The van der Waals surface area contributed by atoms with Gasteiger partial charge in [-0.1, -0.05) is 13.8 Å². The zero-order valence-corrected chi connectivity index (χ0v) is 13.0. The Hall–Kier alpha value is -0.420. The molecule has 1 atom stereocenters. The summed E-state index contributed by atoms with van der Waals surface area (Å²) in [5.41, 5.74) is -0.858. The summed E-state index contributed by atoms with van der Waals surface area (Å²) >= 11 is 0. The summed E-state index contributed by atoms with van der Waals surface area (Å²) in [6, 6.07) is 0. The van der Waals surface area contributed by atoms with E-state index in [2.05, 4.69) is 0 Å². The minimum atomic E-state index is -0.979. The summed E-state index contributed by atoms with van der Waals surface area (Å²) in [5.74, 6) is 1.08. The van der Waals surface area contributed by atoms with Gasteiger partial charge in [0.1, 0.15) is 0 Å². The van der Waals surface area contributed by atoms with Gasteiger partial charge in [-0.25, -0.2) is 0 Å². The maximum absolute atomic E-state index is 11.9. The summed E-state index contributed by atoms with van der Waals surface area (Å²) in [5, 5.41) is 10.4. The van der Waals surface area contributed by atoms with E-state index in [0.717, 1.165) is 0 Å². The lowest BCUT2D eigenvalue weighted by Crippen LogP contribution is -2.41. The lowest BCUT2D eigenvalue weighted by Gasteiger charge is -2.34. The third kappa shape index (κ3) is 5.61. The second kappa shape index (κ2) is 7.39. The highest BCUT2D eigenvalue weighted by Gasteiger charge is 2.37. The highest BCUT2D eigenvalue weighted by Crippen LogP contribution is 2.33. The van der Waals surface area contributed by atoms with Gasteiger partial charge in [-0.15, -0.1) is 0 Å². The molecule has 0 aromatic heterocycles. The van der Waals surface area contributed by atoms with E-state index in [0.29, 0.717) is 49.7 Å². The molecule has 0 heterocycles. The van der Waals surface area contributed by atoms with Crippen LogP contribution in [0.1, 0.15) is 46.5 Å². The van der Waals surface area contributed by atoms with Gasteiger partial charge in [-0.2, -0.15) is 0 Å². The standard InChI is InChI=1S/C14H26O4S/c1-4-18-13(15)12-5-7-14(16,8-6-12)10-19(17)9-11(2)3/h11-12,16H,4-10H2,1-3H3. The van der Waals surface area contributed by atoms with Gasteiger partial charge in [0.25, 0.3) is 0 Å². The van der Waals surface area contributed by atoms with Gasteiger partial charge in [0, 0.05) is 16.6 Å². The lowest BCUT2D eigenvalue weighted by atomic mass is 9.80. The molecule has 112 valence electrons. The van der Waals surface area contributed by atoms with Gasteiger partial charge < -0.3 is 9.84 Å². The largest absolute Gasteiger partial charge is 0.466 e. The first kappa shape index (κ1) is 16.6. The summed E-state index contributed by atoms with van der Waals surface area (Å²) in [4.78, 5) is 11.6. The number of hydrogen-bond donors (Lipinski definition) is 1. The topological polar surface area (TPSA) is 63.6 Å². The predicted molar refractivity (Wildman–Crippen MR) is 76.3 cm³/mol. The Morgan fingerprint density at radius 2 is 2.00 bits per heavy atom. The number of carbonyl (C=O) groups is 1. The Balaban J connectivity index is 2.42. The minimum Gasteiger partial charge on any atom is -0.466 e. The average Bonchev–Trinajstić information content (AvgIpc) is 2.28. The third-order valence-electron chi connectivity index (χ3n) is 3.49. The molecule has 0 aromatic rings. The van der Waals surface area contributed by atoms with Gasteiger partial charge in [-0.05, 0) is 38.5 Å². The summed E-state index contributed by atoms with van der Waals surface area (Å²) < 4.78 is 16.9. The van der Waals surface area contributed by atoms with Crippen molar-refractivity contribution < 1.29 is 18.8 Å². The quantitative estimate of drug-likeness (QED) is 0.759. The molecule has 1 aliphatic rings. The van der Waals surface area contributed by atoms with Crippen molar-refractivity contribution in [1.82, 2.24) is 0 Å². The van der Waals surface area contributed by atoms with Crippen LogP contribution >= 0.6 is 0 Å². The highest BCUT2D eigenvalue weighted by molar-refractivity contribution is 7.85. The Bertz CT molecular complexity index is 319. The maximum atomic E-state index is 11.9. The molecule has 0 amide bonds. The highest BCUT2D eigenvalue weighted by atomic mass is 32.2. The smallest absolute Gasteiger partial charge is 0.308 e. The second-order valence-electron chi connectivity index (χ2n) is 5.90. The number of rotatable bonds is 6. The van der Waals surface area contributed by atoms with Crippen LogP contribution in [0.3, 0.4) is 0 Å². The first-order chi connectivity index (χ1) is 8.86. The molecule has 5 heteroatoms. The summed E-state index contributed by atoms with van der Waals surface area (Å²) in [6.07, 6.45) is 2.35. The molecule has 1 saturated carbocycles. The zero-order chi connectivity index (χ0) is 14.5. The lowest BCUT2D eigenvalue weighted by molar-refractivity contribution is -0.150. The zero-order valence-electron chi connectivity index (χ0n) is 12.2. The van der Waals surface area contributed by atoms with E-state index in [9.17, 15) is 14.1 Å². The molecule has 0 spiro atoms. The number of ether oxygens (including phenoxy) is 1. The van der Waals surface area contributed by atoms with Crippen LogP contribution in [-0.4, -0.2) is 39.0 Å². The van der Waals surface area contributed by atoms with Crippen molar-refractivity contribution in [3.8, 4) is 0 Å². The SMILES string of the molecule is CCOC(=O)C1CCC(O)(CS(=O)CC(C)C)CC1. The van der Waals surface area contributed by atoms with Gasteiger partial charge >= 0.3 is 5.97 Å². The fourth-order valence-electron chi connectivity index (χ4n) is 2.53. The van der Waals surface area contributed by atoms with Crippen LogP contribution in [-0.2, 0) is 20.3 Å². The van der Waals surface area contributed by atoms with Crippen LogP contribution in [0.5, 0.6) is 0 Å². The average molecular weight is 290 g/mol. The predicted octanol–water partition coefficient (Wildman–Crippen LogP) is 1.88. The minimum absolute atomic E-state index is 0.0984. The van der Waals surface area contributed by atoms with Crippen LogP contribution in [0, 0.1) is 11.8 Å². The Morgan fingerprint density at radius 1 is 1.42 bits per heavy atom. The van der Waals surface area contributed by atoms with Crippen molar-refractivity contribution in [2.45, 2.75) is 52.1 Å². The number of carbonyl (C=O) groups excluding carboxylic acids is 1. The number of esters is 1. The molecular formula is C14H26O4S. The van der Waals surface area contributed by atoms with Crippen molar-refractivity contribution in [2.24, 2.45) is 11.8 Å². The fourth-order valence-corrected chi connectivity index (χ4v) is 4.28. The van der Waals surface area contributed by atoms with Crippen molar-refractivity contribution >= 4 is 16.8 Å². The van der Waals surface area contributed by atoms with E-state index < -0.39 is 16.4 Å². The molecule has 0 saturated heterocycles. The molecule has 1 fully saturated rings. The fraction of sp³-hybridized carbons (Fsp3) is 0.929. The van der Waals surface area contributed by atoms with Gasteiger partial charge in [0.15, 0.2) is 0 Å². The molecule has 4 nitrogen and oxygen atoms in total. The molecule has 1 rings (SSSR count). The molecular weight excluding hydrogens is 264 g/mol. The van der Waals surface area contributed by atoms with E-state index in [-0.39, 0.29) is 11.9 Å². The number of hydrogen-bond acceptors (Lipinski definition) is 4. The molecule has 1 N–H and O–H groups in total. The van der Waals surface area contributed by atoms with Crippen LogP contribution in [0.25, 0.3) is 0 Å². The third-order valence-corrected chi connectivity index (χ3v) is 5.38. The number of aliphatic hydroxyl groups is 1. The maximum Gasteiger partial charge on any atom is 0.308 e. The molecule has 1 aliphatic carbocycles. The molecule has 0 aliphatic heterocycles. The summed E-state index contributed by atoms with van der Waals surface area (Å²) in [7, 11) is -0.979. The van der Waals surface area contributed by atoms with Crippen molar-refractivity contribution in [1.29, 1.82) is 0 Å². The van der Waals surface area contributed by atoms with Crippen LogP contribution in [0.4, 0.5) is 0 Å². The van der Waals surface area contributed by atoms with E-state index in [1.54, 1.807) is 6.92 Å².